The van der Waals surface area contributed by atoms with E-state index >= 15 is 0 Å². The van der Waals surface area contributed by atoms with Crippen molar-refractivity contribution >= 4 is 16.6 Å². The van der Waals surface area contributed by atoms with Gasteiger partial charge in [-0.25, -0.2) is 0 Å². The molecule has 0 aliphatic carbocycles. The molecule has 0 spiro atoms. The van der Waals surface area contributed by atoms with Gasteiger partial charge in [-0.3, -0.25) is 15.1 Å². The monoisotopic (exact) mass is 307 g/mol. The highest BCUT2D eigenvalue weighted by Gasteiger charge is 2.35. The van der Waals surface area contributed by atoms with E-state index in [9.17, 15) is 23.3 Å². The standard InChI is InChI=1S/C14H8F3N3O2/c15-14(16,17)10-8-19(11-4-2-1-3-9(10)11)12-5-6-18-7-13(12)20(21)22/h1-8H. The smallest absolute Gasteiger partial charge is 0.310 e. The van der Waals surface area contributed by atoms with E-state index in [0.29, 0.717) is 0 Å². The van der Waals surface area contributed by atoms with Gasteiger partial charge in [0, 0.05) is 17.8 Å². The maximum atomic E-state index is 13.1. The predicted octanol–water partition coefficient (Wildman–Crippen LogP) is 3.95. The third kappa shape index (κ3) is 2.18. The molecule has 0 saturated heterocycles. The fourth-order valence-electron chi connectivity index (χ4n) is 2.33. The summed E-state index contributed by atoms with van der Waals surface area (Å²) in [6.45, 7) is 0. The van der Waals surface area contributed by atoms with Gasteiger partial charge in [-0.2, -0.15) is 13.2 Å². The lowest BCUT2D eigenvalue weighted by Crippen LogP contribution is -2.04. The zero-order valence-electron chi connectivity index (χ0n) is 10.9. The molecule has 3 rings (SSSR count). The molecule has 0 unspecified atom stereocenters. The molecule has 0 radical (unpaired) electrons. The molecule has 22 heavy (non-hydrogen) atoms. The molecule has 5 nitrogen and oxygen atoms in total. The number of aromatic nitrogens is 2. The van der Waals surface area contributed by atoms with Crippen LogP contribution < -0.4 is 0 Å². The molecule has 2 aromatic heterocycles. The molecule has 1 aromatic carbocycles. The first-order valence-electron chi connectivity index (χ1n) is 6.15. The summed E-state index contributed by atoms with van der Waals surface area (Å²) in [6.07, 6.45) is -1.37. The third-order valence-corrected chi connectivity index (χ3v) is 3.25. The van der Waals surface area contributed by atoms with Crippen LogP contribution in [0.3, 0.4) is 0 Å². The minimum Gasteiger partial charge on any atom is -0.310 e. The van der Waals surface area contributed by atoms with Crippen LogP contribution in [0.5, 0.6) is 0 Å². The molecule has 0 atom stereocenters. The maximum Gasteiger partial charge on any atom is 0.418 e. The highest BCUT2D eigenvalue weighted by Crippen LogP contribution is 2.38. The van der Waals surface area contributed by atoms with Crippen LogP contribution in [0.1, 0.15) is 5.56 Å². The normalized spacial score (nSPS) is 11.8. The first-order valence-corrected chi connectivity index (χ1v) is 6.15. The van der Waals surface area contributed by atoms with Gasteiger partial charge in [0.25, 0.3) is 0 Å². The summed E-state index contributed by atoms with van der Waals surface area (Å²) in [6, 6.07) is 7.19. The Kier molecular flexibility index (Phi) is 3.09. The number of pyridine rings is 1. The second-order valence-electron chi connectivity index (χ2n) is 4.55. The van der Waals surface area contributed by atoms with Gasteiger partial charge in [-0.1, -0.05) is 18.2 Å². The second kappa shape index (κ2) is 4.83. The van der Waals surface area contributed by atoms with E-state index < -0.39 is 16.7 Å². The number of benzene rings is 1. The molecule has 0 fully saturated rings. The van der Waals surface area contributed by atoms with Crippen molar-refractivity contribution in [1.29, 1.82) is 0 Å². The Balaban J connectivity index is 2.36. The van der Waals surface area contributed by atoms with E-state index in [0.717, 1.165) is 17.0 Å². The van der Waals surface area contributed by atoms with Crippen molar-refractivity contribution < 1.29 is 18.1 Å². The Morgan fingerprint density at radius 2 is 1.91 bits per heavy atom. The molecule has 0 N–H and O–H groups in total. The molecule has 0 aliphatic rings. The quantitative estimate of drug-likeness (QED) is 0.532. The average molecular weight is 307 g/mol. The van der Waals surface area contributed by atoms with Crippen molar-refractivity contribution in [3.63, 3.8) is 0 Å². The summed E-state index contributed by atoms with van der Waals surface area (Å²) in [4.78, 5) is 14.0. The number of fused-ring (bicyclic) bond motifs is 1. The van der Waals surface area contributed by atoms with Crippen molar-refractivity contribution in [2.24, 2.45) is 0 Å². The van der Waals surface area contributed by atoms with E-state index in [2.05, 4.69) is 4.98 Å². The number of halogens is 3. The molecule has 112 valence electrons. The SMILES string of the molecule is O=[N+]([O-])c1cnccc1-n1cc(C(F)(F)F)c2ccccc21. The molecule has 0 amide bonds. The summed E-state index contributed by atoms with van der Waals surface area (Å²) in [5.41, 5.74) is -0.929. The Morgan fingerprint density at radius 1 is 1.18 bits per heavy atom. The van der Waals surface area contributed by atoms with Crippen LogP contribution in [-0.4, -0.2) is 14.5 Å². The van der Waals surface area contributed by atoms with Gasteiger partial charge < -0.3 is 4.57 Å². The van der Waals surface area contributed by atoms with E-state index in [1.54, 1.807) is 6.07 Å². The van der Waals surface area contributed by atoms with Crippen LogP contribution >= 0.6 is 0 Å². The molecule has 3 aromatic rings. The Labute approximate surface area is 121 Å². The van der Waals surface area contributed by atoms with E-state index in [4.69, 9.17) is 0 Å². The van der Waals surface area contributed by atoms with Gasteiger partial charge in [0.1, 0.15) is 11.9 Å². The van der Waals surface area contributed by atoms with E-state index in [-0.39, 0.29) is 22.3 Å². The third-order valence-electron chi connectivity index (χ3n) is 3.25. The van der Waals surface area contributed by atoms with Crippen molar-refractivity contribution in [2.75, 3.05) is 0 Å². The molecule has 0 saturated carbocycles. The highest BCUT2D eigenvalue weighted by atomic mass is 19.4. The Bertz CT molecular complexity index is 871. The summed E-state index contributed by atoms with van der Waals surface area (Å²) in [5.74, 6) is 0. The molecule has 8 heteroatoms. The lowest BCUT2D eigenvalue weighted by Gasteiger charge is -2.05. The summed E-state index contributed by atoms with van der Waals surface area (Å²) < 4.78 is 40.6. The fourth-order valence-corrected chi connectivity index (χ4v) is 2.33. The van der Waals surface area contributed by atoms with Crippen LogP contribution in [0.2, 0.25) is 0 Å². The second-order valence-corrected chi connectivity index (χ2v) is 4.55. The van der Waals surface area contributed by atoms with Gasteiger partial charge in [0.2, 0.25) is 0 Å². The van der Waals surface area contributed by atoms with E-state index in [1.165, 1.54) is 30.5 Å². The van der Waals surface area contributed by atoms with Gasteiger partial charge in [0.15, 0.2) is 0 Å². The highest BCUT2D eigenvalue weighted by molar-refractivity contribution is 5.86. The number of nitrogens with zero attached hydrogens (tertiary/aromatic N) is 3. The number of para-hydroxylation sites is 1. The summed E-state index contributed by atoms with van der Waals surface area (Å²) in [7, 11) is 0. The van der Waals surface area contributed by atoms with Crippen molar-refractivity contribution in [3.05, 3.63) is 64.6 Å². The Morgan fingerprint density at radius 3 is 2.59 bits per heavy atom. The molecular weight excluding hydrogens is 299 g/mol. The number of nitro groups is 1. The lowest BCUT2D eigenvalue weighted by atomic mass is 10.2. The largest absolute Gasteiger partial charge is 0.418 e. The lowest BCUT2D eigenvalue weighted by molar-refractivity contribution is -0.384. The fraction of sp³-hybridized carbons (Fsp3) is 0.0714. The molecular formula is C14H8F3N3O2. The average Bonchev–Trinajstić information content (AvgIpc) is 2.86. The van der Waals surface area contributed by atoms with Crippen molar-refractivity contribution in [3.8, 4) is 5.69 Å². The van der Waals surface area contributed by atoms with Gasteiger partial charge in [-0.05, 0) is 12.1 Å². The van der Waals surface area contributed by atoms with Crippen LogP contribution in [0.4, 0.5) is 18.9 Å². The van der Waals surface area contributed by atoms with Gasteiger partial charge >= 0.3 is 11.9 Å². The zero-order valence-corrected chi connectivity index (χ0v) is 10.9. The van der Waals surface area contributed by atoms with Crippen LogP contribution in [0.25, 0.3) is 16.6 Å². The number of rotatable bonds is 2. The minimum absolute atomic E-state index is 0.0129. The molecule has 0 bridgehead atoms. The first-order chi connectivity index (χ1) is 10.4. The van der Waals surface area contributed by atoms with Crippen molar-refractivity contribution in [2.45, 2.75) is 6.18 Å². The molecule has 2 heterocycles. The number of hydrogen-bond acceptors (Lipinski definition) is 3. The van der Waals surface area contributed by atoms with Gasteiger partial charge in [0.05, 0.1) is 16.0 Å². The first kappa shape index (κ1) is 14.1. The van der Waals surface area contributed by atoms with Crippen LogP contribution in [0.15, 0.2) is 48.9 Å². The maximum absolute atomic E-state index is 13.1. The van der Waals surface area contributed by atoms with Crippen LogP contribution in [0, 0.1) is 10.1 Å². The number of hydrogen-bond donors (Lipinski definition) is 0. The van der Waals surface area contributed by atoms with Crippen molar-refractivity contribution in [1.82, 2.24) is 9.55 Å². The van der Waals surface area contributed by atoms with E-state index in [1.807, 2.05) is 0 Å². The van der Waals surface area contributed by atoms with Crippen LogP contribution in [-0.2, 0) is 6.18 Å². The Hall–Kier alpha value is -2.90. The topological polar surface area (TPSA) is 61.0 Å². The summed E-state index contributed by atoms with van der Waals surface area (Å²) >= 11 is 0. The summed E-state index contributed by atoms with van der Waals surface area (Å²) in [5, 5.41) is 11.1. The number of alkyl halides is 3. The minimum atomic E-state index is -4.55. The van der Waals surface area contributed by atoms with Gasteiger partial charge in [-0.15, -0.1) is 0 Å². The predicted molar refractivity (Wildman–Crippen MR) is 72.7 cm³/mol. The molecule has 0 aliphatic heterocycles. The zero-order chi connectivity index (χ0) is 15.9.